The number of hydrogen-bond acceptors (Lipinski definition) is 9. The Labute approximate surface area is 231 Å². The second-order valence-corrected chi connectivity index (χ2v) is 10.0. The Balaban J connectivity index is 1.97. The van der Waals surface area contributed by atoms with Crippen LogP contribution in [0, 0.1) is 0 Å². The lowest BCUT2D eigenvalue weighted by molar-refractivity contribution is -0.119. The van der Waals surface area contributed by atoms with Crippen molar-refractivity contribution in [3.05, 3.63) is 65.2 Å². The molecule has 0 bridgehead atoms. The molecule has 0 saturated carbocycles. The quantitative estimate of drug-likeness (QED) is 0.255. The van der Waals surface area contributed by atoms with Gasteiger partial charge in [-0.05, 0) is 42.5 Å². The minimum Gasteiger partial charge on any atom is -0.497 e. The third-order valence-electron chi connectivity index (χ3n) is 5.47. The van der Waals surface area contributed by atoms with Crippen molar-refractivity contribution in [2.45, 2.75) is 4.90 Å². The molecule has 0 aliphatic rings. The fourth-order valence-electron chi connectivity index (χ4n) is 3.53. The van der Waals surface area contributed by atoms with Gasteiger partial charge in [-0.2, -0.15) is 5.10 Å². The third-order valence-corrected chi connectivity index (χ3v) is 7.46. The molecule has 11 nitrogen and oxygen atoms in total. The van der Waals surface area contributed by atoms with E-state index in [1.807, 2.05) is 0 Å². The molecule has 0 atom stereocenters. The molecule has 3 rings (SSSR count). The van der Waals surface area contributed by atoms with Gasteiger partial charge >= 0.3 is 0 Å². The number of nitrogens with zero attached hydrogens (tertiary/aromatic N) is 2. The number of hydrazone groups is 1. The van der Waals surface area contributed by atoms with Crippen LogP contribution < -0.4 is 33.4 Å². The largest absolute Gasteiger partial charge is 0.497 e. The fourth-order valence-corrected chi connectivity index (χ4v) is 5.13. The molecule has 39 heavy (non-hydrogen) atoms. The number of carbonyl (C=O) groups is 1. The van der Waals surface area contributed by atoms with Crippen molar-refractivity contribution in [3.63, 3.8) is 0 Å². The van der Waals surface area contributed by atoms with Gasteiger partial charge in [0.15, 0.2) is 11.5 Å². The van der Waals surface area contributed by atoms with Crippen molar-refractivity contribution in [1.29, 1.82) is 0 Å². The number of carbonyl (C=O) groups excluding carboxylic acids is 1. The molecule has 0 fully saturated rings. The molecule has 208 valence electrons. The summed E-state index contributed by atoms with van der Waals surface area (Å²) in [6.45, 7) is -0.648. The van der Waals surface area contributed by atoms with Gasteiger partial charge in [-0.3, -0.25) is 9.10 Å². The van der Waals surface area contributed by atoms with E-state index >= 15 is 0 Å². The van der Waals surface area contributed by atoms with Crippen LogP contribution in [0.1, 0.15) is 5.56 Å². The summed E-state index contributed by atoms with van der Waals surface area (Å²) in [5, 5.41) is 4.20. The van der Waals surface area contributed by atoms with Gasteiger partial charge in [0.1, 0.15) is 23.8 Å². The molecule has 0 unspecified atom stereocenters. The third kappa shape index (κ3) is 6.84. The van der Waals surface area contributed by atoms with E-state index in [9.17, 15) is 13.2 Å². The highest BCUT2D eigenvalue weighted by Crippen LogP contribution is 2.37. The maximum atomic E-state index is 13.8. The SMILES string of the molecule is COc1ccc(/C=N\NC(=O)CN(c2cc(Cl)ccc2OC)S(=O)(=O)c2ccc(OC)c(OC)c2)c(OC)c1. The van der Waals surface area contributed by atoms with E-state index in [0.717, 1.165) is 4.31 Å². The van der Waals surface area contributed by atoms with Gasteiger partial charge in [-0.25, -0.2) is 13.8 Å². The van der Waals surface area contributed by atoms with Gasteiger partial charge in [-0.1, -0.05) is 11.6 Å². The zero-order chi connectivity index (χ0) is 28.6. The molecule has 3 aromatic rings. The number of halogens is 1. The highest BCUT2D eigenvalue weighted by molar-refractivity contribution is 7.92. The maximum Gasteiger partial charge on any atom is 0.265 e. The van der Waals surface area contributed by atoms with Crippen LogP contribution in [0.5, 0.6) is 28.7 Å². The lowest BCUT2D eigenvalue weighted by Crippen LogP contribution is -2.39. The Morgan fingerprint density at radius 1 is 0.846 bits per heavy atom. The first-order valence-corrected chi connectivity index (χ1v) is 13.1. The summed E-state index contributed by atoms with van der Waals surface area (Å²) in [6.07, 6.45) is 1.36. The Morgan fingerprint density at radius 3 is 2.15 bits per heavy atom. The molecule has 0 aromatic heterocycles. The van der Waals surface area contributed by atoms with E-state index < -0.39 is 22.5 Å². The summed E-state index contributed by atoms with van der Waals surface area (Å²) in [6, 6.07) is 13.6. The Hall–Kier alpha value is -4.16. The molecule has 0 spiro atoms. The first-order chi connectivity index (χ1) is 18.7. The van der Waals surface area contributed by atoms with Gasteiger partial charge in [0.2, 0.25) is 0 Å². The van der Waals surface area contributed by atoms with Crippen LogP contribution in [-0.4, -0.2) is 62.6 Å². The highest BCUT2D eigenvalue weighted by Gasteiger charge is 2.30. The molecular formula is C26H28ClN3O8S. The number of sulfonamides is 1. The van der Waals surface area contributed by atoms with Crippen molar-refractivity contribution < 1.29 is 36.9 Å². The van der Waals surface area contributed by atoms with Crippen LogP contribution in [0.4, 0.5) is 5.69 Å². The standard InChI is InChI=1S/C26H28ClN3O8S/c1-34-19-8-6-17(24(13-19)37-4)15-28-29-26(31)16-30(21-12-18(27)7-10-22(21)35-2)39(32,33)20-9-11-23(36-3)25(14-20)38-5/h6-15H,16H2,1-5H3,(H,29,31)/b28-15-. The summed E-state index contributed by atoms with van der Waals surface area (Å²) in [7, 11) is 2.87. The Morgan fingerprint density at radius 2 is 1.51 bits per heavy atom. The molecule has 13 heteroatoms. The second-order valence-electron chi connectivity index (χ2n) is 7.75. The first kappa shape index (κ1) is 29.4. The number of anilines is 1. The molecule has 1 N–H and O–H groups in total. The van der Waals surface area contributed by atoms with Crippen LogP contribution in [-0.2, 0) is 14.8 Å². The minimum absolute atomic E-state index is 0.0516. The van der Waals surface area contributed by atoms with E-state index in [1.165, 1.54) is 78.2 Å². The highest BCUT2D eigenvalue weighted by atomic mass is 35.5. The predicted molar refractivity (Wildman–Crippen MR) is 147 cm³/mol. The predicted octanol–water partition coefficient (Wildman–Crippen LogP) is 3.73. The fraction of sp³-hybridized carbons (Fsp3) is 0.231. The van der Waals surface area contributed by atoms with Gasteiger partial charge < -0.3 is 23.7 Å². The molecule has 0 aliphatic heterocycles. The molecule has 0 radical (unpaired) electrons. The average Bonchev–Trinajstić information content (AvgIpc) is 2.95. The number of methoxy groups -OCH3 is 5. The normalized spacial score (nSPS) is 11.1. The lowest BCUT2D eigenvalue weighted by atomic mass is 10.2. The summed E-state index contributed by atoms with van der Waals surface area (Å²) >= 11 is 6.18. The van der Waals surface area contributed by atoms with Crippen molar-refractivity contribution >= 4 is 39.4 Å². The van der Waals surface area contributed by atoms with Crippen molar-refractivity contribution in [3.8, 4) is 28.7 Å². The Kier molecular flexibility index (Phi) is 9.85. The minimum atomic E-state index is -4.34. The number of amides is 1. The van der Waals surface area contributed by atoms with E-state index in [1.54, 1.807) is 18.2 Å². The number of hydrogen-bond donors (Lipinski definition) is 1. The number of nitrogens with one attached hydrogen (secondary N) is 1. The Bertz CT molecular complexity index is 1460. The zero-order valence-corrected chi connectivity index (χ0v) is 23.5. The number of ether oxygens (including phenoxy) is 5. The number of benzene rings is 3. The molecule has 0 heterocycles. The molecule has 1 amide bonds. The molecule has 0 saturated heterocycles. The van der Waals surface area contributed by atoms with Crippen molar-refractivity contribution in [2.24, 2.45) is 5.10 Å². The maximum absolute atomic E-state index is 13.8. The van der Waals surface area contributed by atoms with E-state index in [-0.39, 0.29) is 27.1 Å². The van der Waals surface area contributed by atoms with E-state index in [4.69, 9.17) is 35.3 Å². The molecule has 3 aromatic carbocycles. The van der Waals surface area contributed by atoms with E-state index in [0.29, 0.717) is 22.8 Å². The van der Waals surface area contributed by atoms with Crippen LogP contribution in [0.25, 0.3) is 0 Å². The summed E-state index contributed by atoms with van der Waals surface area (Å²) in [5.74, 6) is 1.03. The van der Waals surface area contributed by atoms with Gasteiger partial charge in [0.25, 0.3) is 15.9 Å². The summed E-state index contributed by atoms with van der Waals surface area (Å²) < 4.78 is 54.9. The monoisotopic (exact) mass is 577 g/mol. The average molecular weight is 578 g/mol. The van der Waals surface area contributed by atoms with Crippen LogP contribution in [0.3, 0.4) is 0 Å². The van der Waals surface area contributed by atoms with Crippen LogP contribution in [0.2, 0.25) is 5.02 Å². The van der Waals surface area contributed by atoms with Crippen molar-refractivity contribution in [1.82, 2.24) is 5.43 Å². The van der Waals surface area contributed by atoms with E-state index in [2.05, 4.69) is 10.5 Å². The van der Waals surface area contributed by atoms with Crippen molar-refractivity contribution in [2.75, 3.05) is 46.4 Å². The van der Waals surface area contributed by atoms with Gasteiger partial charge in [0, 0.05) is 22.7 Å². The zero-order valence-electron chi connectivity index (χ0n) is 21.9. The van der Waals surface area contributed by atoms with Gasteiger partial charge in [-0.15, -0.1) is 0 Å². The smallest absolute Gasteiger partial charge is 0.265 e. The van der Waals surface area contributed by atoms with Crippen LogP contribution in [0.15, 0.2) is 64.6 Å². The first-order valence-electron chi connectivity index (χ1n) is 11.3. The topological polar surface area (TPSA) is 125 Å². The molecule has 0 aliphatic carbocycles. The second kappa shape index (κ2) is 13.1. The number of rotatable bonds is 12. The summed E-state index contributed by atoms with van der Waals surface area (Å²) in [5.41, 5.74) is 2.96. The molecular weight excluding hydrogens is 550 g/mol. The summed E-state index contributed by atoms with van der Waals surface area (Å²) in [4.78, 5) is 12.8. The van der Waals surface area contributed by atoms with Gasteiger partial charge in [0.05, 0.1) is 52.3 Å². The lowest BCUT2D eigenvalue weighted by Gasteiger charge is -2.25. The van der Waals surface area contributed by atoms with Crippen LogP contribution >= 0.6 is 11.6 Å².